The largest absolute Gasteiger partial charge is 0.495 e. The monoisotopic (exact) mass is 255 g/mol. The van der Waals surface area contributed by atoms with Crippen LogP contribution in [-0.4, -0.2) is 21.8 Å². The van der Waals surface area contributed by atoms with Crippen molar-refractivity contribution >= 4 is 9.84 Å². The number of benzene rings is 1. The maximum Gasteiger partial charge on any atom is 0.179 e. The Hall–Kier alpha value is -1.07. The first kappa shape index (κ1) is 12.4. The molecule has 0 bridgehead atoms. The normalized spacial score (nSPS) is 18.5. The number of ether oxygens (including phenoxy) is 1. The maximum absolute atomic E-state index is 11.7. The SMILES string of the molecule is COc1ccc(C2(N)CCC2)cc1S(C)(=O)=O. The second kappa shape index (κ2) is 3.99. The Morgan fingerprint density at radius 2 is 2.00 bits per heavy atom. The van der Waals surface area contributed by atoms with Crippen LogP contribution in [0.3, 0.4) is 0 Å². The second-order valence-corrected chi connectivity index (χ2v) is 6.63. The van der Waals surface area contributed by atoms with E-state index in [2.05, 4.69) is 0 Å². The van der Waals surface area contributed by atoms with E-state index in [0.29, 0.717) is 5.75 Å². The van der Waals surface area contributed by atoms with E-state index < -0.39 is 9.84 Å². The molecule has 0 aliphatic heterocycles. The van der Waals surface area contributed by atoms with Gasteiger partial charge in [-0.15, -0.1) is 0 Å². The number of hydrogen-bond acceptors (Lipinski definition) is 4. The standard InChI is InChI=1S/C12H17NO3S/c1-16-10-5-4-9(12(13)6-3-7-12)8-11(10)17(2,14)15/h4-5,8H,3,6-7,13H2,1-2H3. The van der Waals surface area contributed by atoms with Crippen LogP contribution < -0.4 is 10.5 Å². The van der Waals surface area contributed by atoms with E-state index in [1.165, 1.54) is 13.4 Å². The van der Waals surface area contributed by atoms with Gasteiger partial charge in [-0.05, 0) is 37.0 Å². The molecule has 5 heteroatoms. The molecule has 0 heterocycles. The molecule has 0 atom stereocenters. The summed E-state index contributed by atoms with van der Waals surface area (Å²) in [5.41, 5.74) is 6.72. The van der Waals surface area contributed by atoms with Gasteiger partial charge in [-0.2, -0.15) is 0 Å². The third kappa shape index (κ3) is 2.17. The molecule has 0 saturated heterocycles. The van der Waals surface area contributed by atoms with Crippen molar-refractivity contribution < 1.29 is 13.2 Å². The number of rotatable bonds is 3. The van der Waals surface area contributed by atoms with Gasteiger partial charge in [0.25, 0.3) is 0 Å². The van der Waals surface area contributed by atoms with E-state index in [0.717, 1.165) is 24.8 Å². The predicted octanol–water partition coefficient (Wildman–Crippen LogP) is 1.44. The fraction of sp³-hybridized carbons (Fsp3) is 0.500. The van der Waals surface area contributed by atoms with Crippen LogP contribution in [-0.2, 0) is 15.4 Å². The lowest BCUT2D eigenvalue weighted by molar-refractivity contribution is 0.253. The van der Waals surface area contributed by atoms with Gasteiger partial charge in [-0.25, -0.2) is 8.42 Å². The third-order valence-corrected chi connectivity index (χ3v) is 4.50. The summed E-state index contributed by atoms with van der Waals surface area (Å²) in [5, 5.41) is 0. The van der Waals surface area contributed by atoms with E-state index in [4.69, 9.17) is 10.5 Å². The zero-order valence-corrected chi connectivity index (χ0v) is 10.9. The fourth-order valence-electron chi connectivity index (χ4n) is 2.12. The van der Waals surface area contributed by atoms with Crippen LogP contribution in [0, 0.1) is 0 Å². The van der Waals surface area contributed by atoms with E-state index in [1.807, 2.05) is 6.07 Å². The molecular weight excluding hydrogens is 238 g/mol. The van der Waals surface area contributed by atoms with E-state index >= 15 is 0 Å². The molecule has 4 nitrogen and oxygen atoms in total. The summed E-state index contributed by atoms with van der Waals surface area (Å²) in [6.07, 6.45) is 4.08. The molecule has 94 valence electrons. The van der Waals surface area contributed by atoms with Crippen LogP contribution in [0.25, 0.3) is 0 Å². The Labute approximate surface area is 102 Å². The topological polar surface area (TPSA) is 69.4 Å². The van der Waals surface area contributed by atoms with Gasteiger partial charge in [-0.3, -0.25) is 0 Å². The molecule has 2 rings (SSSR count). The van der Waals surface area contributed by atoms with Crippen LogP contribution in [0.15, 0.2) is 23.1 Å². The van der Waals surface area contributed by atoms with E-state index in [-0.39, 0.29) is 10.4 Å². The van der Waals surface area contributed by atoms with Gasteiger partial charge in [-0.1, -0.05) is 6.07 Å². The van der Waals surface area contributed by atoms with E-state index in [9.17, 15) is 8.42 Å². The number of nitrogens with two attached hydrogens (primary N) is 1. The number of sulfone groups is 1. The molecule has 0 amide bonds. The summed E-state index contributed by atoms with van der Waals surface area (Å²) in [6.45, 7) is 0. The molecule has 0 spiro atoms. The average Bonchev–Trinajstić information content (AvgIpc) is 2.24. The van der Waals surface area contributed by atoms with Gasteiger partial charge in [0.15, 0.2) is 9.84 Å². The lowest BCUT2D eigenvalue weighted by Crippen LogP contribution is -2.43. The quantitative estimate of drug-likeness (QED) is 0.887. The minimum Gasteiger partial charge on any atom is -0.495 e. The van der Waals surface area contributed by atoms with Crippen LogP contribution in [0.4, 0.5) is 0 Å². The zero-order valence-electron chi connectivity index (χ0n) is 10.1. The Balaban J connectivity index is 2.53. The molecular formula is C12H17NO3S. The van der Waals surface area contributed by atoms with Crippen LogP contribution in [0.1, 0.15) is 24.8 Å². The van der Waals surface area contributed by atoms with Crippen molar-refractivity contribution in [2.75, 3.05) is 13.4 Å². The van der Waals surface area contributed by atoms with Gasteiger partial charge in [0, 0.05) is 11.8 Å². The van der Waals surface area contributed by atoms with Crippen molar-refractivity contribution in [1.82, 2.24) is 0 Å². The zero-order chi connectivity index (χ0) is 12.7. The van der Waals surface area contributed by atoms with Gasteiger partial charge in [0.1, 0.15) is 10.6 Å². The molecule has 1 aromatic rings. The highest BCUT2D eigenvalue weighted by Gasteiger charge is 2.35. The lowest BCUT2D eigenvalue weighted by atomic mass is 9.73. The predicted molar refractivity (Wildman–Crippen MR) is 65.8 cm³/mol. The highest BCUT2D eigenvalue weighted by molar-refractivity contribution is 7.90. The minimum absolute atomic E-state index is 0.217. The van der Waals surface area contributed by atoms with Crippen molar-refractivity contribution in [1.29, 1.82) is 0 Å². The molecule has 1 aromatic carbocycles. The molecule has 2 N–H and O–H groups in total. The lowest BCUT2D eigenvalue weighted by Gasteiger charge is -2.38. The molecule has 0 unspecified atom stereocenters. The van der Waals surface area contributed by atoms with Crippen molar-refractivity contribution in [3.05, 3.63) is 23.8 Å². The fourth-order valence-corrected chi connectivity index (χ4v) is 2.98. The number of methoxy groups -OCH3 is 1. The molecule has 0 radical (unpaired) electrons. The molecule has 0 aromatic heterocycles. The van der Waals surface area contributed by atoms with E-state index in [1.54, 1.807) is 12.1 Å². The van der Waals surface area contributed by atoms with Crippen molar-refractivity contribution in [3.8, 4) is 5.75 Å². The van der Waals surface area contributed by atoms with Crippen molar-refractivity contribution in [2.24, 2.45) is 5.73 Å². The summed E-state index contributed by atoms with van der Waals surface area (Å²) < 4.78 is 28.4. The highest BCUT2D eigenvalue weighted by atomic mass is 32.2. The highest BCUT2D eigenvalue weighted by Crippen LogP contribution is 2.40. The Morgan fingerprint density at radius 3 is 2.41 bits per heavy atom. The third-order valence-electron chi connectivity index (χ3n) is 3.38. The summed E-state index contributed by atoms with van der Waals surface area (Å²) >= 11 is 0. The number of hydrogen-bond donors (Lipinski definition) is 1. The Bertz CT molecular complexity index is 533. The maximum atomic E-state index is 11.7. The molecule has 1 saturated carbocycles. The molecule has 1 fully saturated rings. The van der Waals surface area contributed by atoms with Gasteiger partial charge in [0.2, 0.25) is 0 Å². The van der Waals surface area contributed by atoms with Crippen LogP contribution in [0.2, 0.25) is 0 Å². The summed E-state index contributed by atoms with van der Waals surface area (Å²) in [7, 11) is -1.83. The average molecular weight is 255 g/mol. The first-order chi connectivity index (χ1) is 7.87. The van der Waals surface area contributed by atoms with Crippen molar-refractivity contribution in [3.63, 3.8) is 0 Å². The Morgan fingerprint density at radius 1 is 1.35 bits per heavy atom. The Kier molecular flexibility index (Phi) is 2.91. The molecule has 1 aliphatic carbocycles. The smallest absolute Gasteiger partial charge is 0.179 e. The first-order valence-electron chi connectivity index (χ1n) is 5.54. The molecule has 1 aliphatic rings. The summed E-state index contributed by atoms with van der Waals surface area (Å²) in [5.74, 6) is 0.374. The van der Waals surface area contributed by atoms with Crippen molar-refractivity contribution in [2.45, 2.75) is 29.7 Å². The summed E-state index contributed by atoms with van der Waals surface area (Å²) in [6, 6.07) is 5.18. The molecule has 17 heavy (non-hydrogen) atoms. The van der Waals surface area contributed by atoms with Crippen LogP contribution in [0.5, 0.6) is 5.75 Å². The van der Waals surface area contributed by atoms with Crippen LogP contribution >= 0.6 is 0 Å². The second-order valence-electron chi connectivity index (χ2n) is 4.65. The van der Waals surface area contributed by atoms with Gasteiger partial charge >= 0.3 is 0 Å². The summed E-state index contributed by atoms with van der Waals surface area (Å²) in [4.78, 5) is 0.217. The van der Waals surface area contributed by atoms with Gasteiger partial charge in [0.05, 0.1) is 7.11 Å². The minimum atomic E-state index is -3.29. The first-order valence-corrected chi connectivity index (χ1v) is 7.43. The van der Waals surface area contributed by atoms with Gasteiger partial charge < -0.3 is 10.5 Å².